The van der Waals surface area contributed by atoms with E-state index in [9.17, 15) is 4.79 Å². The zero-order valence-corrected chi connectivity index (χ0v) is 13.6. The van der Waals surface area contributed by atoms with Crippen molar-refractivity contribution in [1.29, 1.82) is 0 Å². The molecule has 2 aromatic rings. The van der Waals surface area contributed by atoms with Crippen molar-refractivity contribution in [3.05, 3.63) is 56.8 Å². The second kappa shape index (κ2) is 6.46. The summed E-state index contributed by atoms with van der Waals surface area (Å²) in [6, 6.07) is 7.73. The Bertz CT molecular complexity index is 676. The molecule has 0 atom stereocenters. The molecule has 1 aromatic carbocycles. The van der Waals surface area contributed by atoms with E-state index in [1.807, 2.05) is 39.0 Å². The smallest absolute Gasteiger partial charge is 0.228 e. The van der Waals surface area contributed by atoms with Crippen LogP contribution in [0.5, 0.6) is 0 Å². The number of pyridine rings is 1. The molecule has 110 valence electrons. The summed E-state index contributed by atoms with van der Waals surface area (Å²) >= 11 is 11.8. The lowest BCUT2D eigenvalue weighted by atomic mass is 10.0. The first-order valence-corrected chi connectivity index (χ1v) is 7.31. The van der Waals surface area contributed by atoms with Crippen molar-refractivity contribution in [2.45, 2.75) is 27.2 Å². The number of nitrogens with zero attached hydrogens (tertiary/aromatic N) is 1. The summed E-state index contributed by atoms with van der Waals surface area (Å²) in [5.41, 5.74) is 4.52. The standard InChI is InChI=1S/C16H16Cl2N2O/c1-9-4-5-10(2)12(6-9)8-14(21)20-15-11(3)7-13(17)19-16(15)18/h4-7H,8H2,1-3H3,(H,20,21). The van der Waals surface area contributed by atoms with Gasteiger partial charge in [0.05, 0.1) is 12.1 Å². The SMILES string of the molecule is Cc1ccc(C)c(CC(=O)Nc2c(C)cc(Cl)nc2Cl)c1. The van der Waals surface area contributed by atoms with Crippen LogP contribution in [0.2, 0.25) is 10.3 Å². The zero-order valence-electron chi connectivity index (χ0n) is 12.1. The molecule has 1 aromatic heterocycles. The number of nitrogens with one attached hydrogen (secondary N) is 1. The van der Waals surface area contributed by atoms with Gasteiger partial charge in [0, 0.05) is 0 Å². The minimum Gasteiger partial charge on any atom is -0.323 e. The Kier molecular flexibility index (Phi) is 4.86. The molecule has 0 spiro atoms. The maximum Gasteiger partial charge on any atom is 0.228 e. The van der Waals surface area contributed by atoms with Crippen LogP contribution in [0.1, 0.15) is 22.3 Å². The van der Waals surface area contributed by atoms with E-state index in [2.05, 4.69) is 10.3 Å². The zero-order chi connectivity index (χ0) is 15.6. The fourth-order valence-electron chi connectivity index (χ4n) is 2.09. The lowest BCUT2D eigenvalue weighted by Crippen LogP contribution is -2.16. The highest BCUT2D eigenvalue weighted by Gasteiger charge is 2.12. The van der Waals surface area contributed by atoms with Gasteiger partial charge in [0.2, 0.25) is 5.91 Å². The largest absolute Gasteiger partial charge is 0.323 e. The van der Waals surface area contributed by atoms with Crippen LogP contribution in [0.4, 0.5) is 5.69 Å². The van der Waals surface area contributed by atoms with Crippen LogP contribution >= 0.6 is 23.2 Å². The van der Waals surface area contributed by atoms with Gasteiger partial charge in [-0.15, -0.1) is 0 Å². The van der Waals surface area contributed by atoms with Gasteiger partial charge < -0.3 is 5.32 Å². The molecule has 0 fully saturated rings. The number of aryl methyl sites for hydroxylation is 3. The second-order valence-electron chi connectivity index (χ2n) is 5.08. The molecule has 0 bridgehead atoms. The number of amides is 1. The second-order valence-corrected chi connectivity index (χ2v) is 5.83. The highest BCUT2D eigenvalue weighted by molar-refractivity contribution is 6.34. The molecular formula is C16H16Cl2N2O. The van der Waals surface area contributed by atoms with E-state index < -0.39 is 0 Å². The lowest BCUT2D eigenvalue weighted by Gasteiger charge is -2.11. The van der Waals surface area contributed by atoms with Gasteiger partial charge in [0.1, 0.15) is 5.15 Å². The number of rotatable bonds is 3. The molecule has 0 aliphatic carbocycles. The Hall–Kier alpha value is -1.58. The number of halogens is 2. The molecule has 0 radical (unpaired) electrons. The maximum absolute atomic E-state index is 12.2. The Labute approximate surface area is 134 Å². The van der Waals surface area contributed by atoms with Gasteiger partial charge in [0.15, 0.2) is 5.15 Å². The molecule has 1 amide bonds. The van der Waals surface area contributed by atoms with E-state index in [4.69, 9.17) is 23.2 Å². The molecule has 21 heavy (non-hydrogen) atoms. The van der Waals surface area contributed by atoms with E-state index in [1.54, 1.807) is 6.07 Å². The lowest BCUT2D eigenvalue weighted by molar-refractivity contribution is -0.115. The van der Waals surface area contributed by atoms with Crippen LogP contribution in [0.15, 0.2) is 24.3 Å². The monoisotopic (exact) mass is 322 g/mol. The van der Waals surface area contributed by atoms with Gasteiger partial charge in [-0.1, -0.05) is 47.0 Å². The molecule has 0 saturated carbocycles. The number of hydrogen-bond donors (Lipinski definition) is 1. The molecular weight excluding hydrogens is 307 g/mol. The van der Waals surface area contributed by atoms with E-state index in [0.717, 1.165) is 22.3 Å². The molecule has 0 aliphatic heterocycles. The van der Waals surface area contributed by atoms with Crippen molar-refractivity contribution < 1.29 is 4.79 Å². The Balaban J connectivity index is 2.17. The highest BCUT2D eigenvalue weighted by atomic mass is 35.5. The highest BCUT2D eigenvalue weighted by Crippen LogP contribution is 2.26. The normalized spacial score (nSPS) is 10.5. The van der Waals surface area contributed by atoms with E-state index in [1.165, 1.54) is 0 Å². The van der Waals surface area contributed by atoms with Crippen LogP contribution in [0, 0.1) is 20.8 Å². The molecule has 0 saturated heterocycles. The summed E-state index contributed by atoms with van der Waals surface area (Å²) < 4.78 is 0. The van der Waals surface area contributed by atoms with Crippen molar-refractivity contribution in [2.75, 3.05) is 5.32 Å². The summed E-state index contributed by atoms with van der Waals surface area (Å²) in [6.07, 6.45) is 0.298. The molecule has 1 N–H and O–H groups in total. The third kappa shape index (κ3) is 3.96. The Morgan fingerprint density at radius 2 is 1.86 bits per heavy atom. The minimum absolute atomic E-state index is 0.127. The van der Waals surface area contributed by atoms with Crippen LogP contribution in [0.25, 0.3) is 0 Å². The third-order valence-corrected chi connectivity index (χ3v) is 3.73. The summed E-state index contributed by atoms with van der Waals surface area (Å²) in [6.45, 7) is 5.82. The van der Waals surface area contributed by atoms with Crippen molar-refractivity contribution in [3.8, 4) is 0 Å². The quantitative estimate of drug-likeness (QED) is 0.845. The van der Waals surface area contributed by atoms with Crippen molar-refractivity contribution in [1.82, 2.24) is 4.98 Å². The van der Waals surface area contributed by atoms with Gasteiger partial charge in [-0.05, 0) is 43.5 Å². The summed E-state index contributed by atoms with van der Waals surface area (Å²) in [4.78, 5) is 16.1. The number of benzene rings is 1. The summed E-state index contributed by atoms with van der Waals surface area (Å²) in [7, 11) is 0. The van der Waals surface area contributed by atoms with Gasteiger partial charge in [-0.25, -0.2) is 4.98 Å². The van der Waals surface area contributed by atoms with Crippen molar-refractivity contribution in [3.63, 3.8) is 0 Å². The van der Waals surface area contributed by atoms with Crippen molar-refractivity contribution >= 4 is 34.8 Å². The molecule has 5 heteroatoms. The third-order valence-electron chi connectivity index (χ3n) is 3.26. The minimum atomic E-state index is -0.127. The van der Waals surface area contributed by atoms with Crippen LogP contribution in [-0.2, 0) is 11.2 Å². The van der Waals surface area contributed by atoms with Gasteiger partial charge in [0.25, 0.3) is 0 Å². The number of aromatic nitrogens is 1. The van der Waals surface area contributed by atoms with Crippen LogP contribution in [0.3, 0.4) is 0 Å². The topological polar surface area (TPSA) is 42.0 Å². The van der Waals surface area contributed by atoms with Gasteiger partial charge in [-0.2, -0.15) is 0 Å². The fourth-order valence-corrected chi connectivity index (χ4v) is 2.67. The molecule has 2 rings (SSSR count). The molecule has 0 unspecified atom stereocenters. The Morgan fingerprint density at radius 1 is 1.14 bits per heavy atom. The van der Waals surface area contributed by atoms with E-state index in [-0.39, 0.29) is 11.1 Å². The Morgan fingerprint density at radius 3 is 2.52 bits per heavy atom. The van der Waals surface area contributed by atoms with E-state index in [0.29, 0.717) is 17.3 Å². The van der Waals surface area contributed by atoms with Crippen LogP contribution in [-0.4, -0.2) is 10.9 Å². The summed E-state index contributed by atoms with van der Waals surface area (Å²) in [5, 5.41) is 3.32. The fraction of sp³-hybridized carbons (Fsp3) is 0.250. The van der Waals surface area contributed by atoms with Gasteiger partial charge >= 0.3 is 0 Å². The number of anilines is 1. The first-order chi connectivity index (χ1) is 9.86. The number of carbonyl (C=O) groups excluding carboxylic acids is 1. The first kappa shape index (κ1) is 15.8. The van der Waals surface area contributed by atoms with Crippen LogP contribution < -0.4 is 5.32 Å². The number of carbonyl (C=O) groups is 1. The summed E-state index contributed by atoms with van der Waals surface area (Å²) in [5.74, 6) is -0.127. The molecule has 1 heterocycles. The van der Waals surface area contributed by atoms with E-state index >= 15 is 0 Å². The molecule has 3 nitrogen and oxygen atoms in total. The maximum atomic E-state index is 12.2. The molecule has 0 aliphatic rings. The van der Waals surface area contributed by atoms with Crippen molar-refractivity contribution in [2.24, 2.45) is 0 Å². The first-order valence-electron chi connectivity index (χ1n) is 6.55. The average Bonchev–Trinajstić information content (AvgIpc) is 2.38. The average molecular weight is 323 g/mol. The number of hydrogen-bond acceptors (Lipinski definition) is 2. The predicted octanol–water partition coefficient (Wildman–Crippen LogP) is 4.49. The predicted molar refractivity (Wildman–Crippen MR) is 87.2 cm³/mol. The van der Waals surface area contributed by atoms with Gasteiger partial charge in [-0.3, -0.25) is 4.79 Å².